The van der Waals surface area contributed by atoms with E-state index in [0.29, 0.717) is 5.91 Å². The van der Waals surface area contributed by atoms with Crippen LogP contribution in [-0.2, 0) is 11.2 Å². The molecule has 0 saturated carbocycles. The minimum absolute atomic E-state index is 0.237. The van der Waals surface area contributed by atoms with E-state index in [4.69, 9.17) is 0 Å². The first-order valence-corrected chi connectivity index (χ1v) is 8.18. The number of fused-ring (bicyclic) bond motifs is 1. The average molecular weight is 286 g/mol. The lowest BCUT2D eigenvalue weighted by Crippen LogP contribution is -2.50. The standard InChI is InChI=1S/C18H26N2O/c1-18(11-6-12-19-13-18)17(21)20(2)16-10-5-8-14-7-3-4-9-15(14)16/h3-4,7,9,16,19H,5-6,8,10-13H2,1-2H3. The first kappa shape index (κ1) is 14.6. The van der Waals surface area contributed by atoms with Crippen LogP contribution in [0.3, 0.4) is 0 Å². The van der Waals surface area contributed by atoms with Gasteiger partial charge in [-0.05, 0) is 56.7 Å². The predicted octanol–water partition coefficient (Wildman–Crippen LogP) is 2.91. The second kappa shape index (κ2) is 5.80. The van der Waals surface area contributed by atoms with Crippen molar-refractivity contribution in [2.75, 3.05) is 20.1 Å². The topological polar surface area (TPSA) is 32.3 Å². The zero-order valence-corrected chi connectivity index (χ0v) is 13.2. The molecule has 1 amide bonds. The molecule has 21 heavy (non-hydrogen) atoms. The van der Waals surface area contributed by atoms with Gasteiger partial charge in [-0.3, -0.25) is 4.79 Å². The smallest absolute Gasteiger partial charge is 0.230 e. The molecule has 0 spiro atoms. The third kappa shape index (κ3) is 2.71. The van der Waals surface area contributed by atoms with Crippen LogP contribution in [0.1, 0.15) is 49.8 Å². The summed E-state index contributed by atoms with van der Waals surface area (Å²) in [5, 5.41) is 3.39. The average Bonchev–Trinajstić information content (AvgIpc) is 2.53. The van der Waals surface area contributed by atoms with Crippen LogP contribution in [0.15, 0.2) is 24.3 Å². The molecule has 0 radical (unpaired) electrons. The molecule has 1 aliphatic heterocycles. The zero-order chi connectivity index (χ0) is 14.9. The molecule has 3 rings (SSSR count). The fourth-order valence-electron chi connectivity index (χ4n) is 3.94. The van der Waals surface area contributed by atoms with Crippen molar-refractivity contribution in [2.45, 2.75) is 45.1 Å². The van der Waals surface area contributed by atoms with Crippen molar-refractivity contribution in [3.05, 3.63) is 35.4 Å². The highest BCUT2D eigenvalue weighted by Gasteiger charge is 2.39. The Hall–Kier alpha value is -1.35. The quantitative estimate of drug-likeness (QED) is 0.906. The molecule has 1 N–H and O–H groups in total. The van der Waals surface area contributed by atoms with E-state index >= 15 is 0 Å². The Balaban J connectivity index is 1.82. The number of rotatable bonds is 2. The molecule has 1 saturated heterocycles. The number of piperidine rings is 1. The Morgan fingerprint density at radius 3 is 2.90 bits per heavy atom. The van der Waals surface area contributed by atoms with Crippen LogP contribution in [0, 0.1) is 5.41 Å². The monoisotopic (exact) mass is 286 g/mol. The Kier molecular flexibility index (Phi) is 4.03. The van der Waals surface area contributed by atoms with Crippen molar-refractivity contribution in [3.8, 4) is 0 Å². The van der Waals surface area contributed by atoms with Crippen molar-refractivity contribution in [1.82, 2.24) is 10.2 Å². The summed E-state index contributed by atoms with van der Waals surface area (Å²) >= 11 is 0. The summed E-state index contributed by atoms with van der Waals surface area (Å²) in [4.78, 5) is 15.0. The summed E-state index contributed by atoms with van der Waals surface area (Å²) in [5.74, 6) is 0.302. The number of hydrogen-bond acceptors (Lipinski definition) is 2. The van der Waals surface area contributed by atoms with Gasteiger partial charge in [-0.15, -0.1) is 0 Å². The molecule has 1 fully saturated rings. The van der Waals surface area contributed by atoms with Gasteiger partial charge < -0.3 is 10.2 Å². The van der Waals surface area contributed by atoms with E-state index in [2.05, 4.69) is 36.5 Å². The fraction of sp³-hybridized carbons (Fsp3) is 0.611. The number of benzene rings is 1. The van der Waals surface area contributed by atoms with E-state index in [1.165, 1.54) is 17.5 Å². The third-order valence-electron chi connectivity index (χ3n) is 5.24. The number of carbonyl (C=O) groups is 1. The Morgan fingerprint density at radius 1 is 1.33 bits per heavy atom. The van der Waals surface area contributed by atoms with Crippen LogP contribution in [0.5, 0.6) is 0 Å². The number of nitrogens with zero attached hydrogens (tertiary/aromatic N) is 1. The number of nitrogens with one attached hydrogen (secondary N) is 1. The molecule has 0 aromatic heterocycles. The molecule has 2 unspecified atom stereocenters. The fourth-order valence-corrected chi connectivity index (χ4v) is 3.94. The van der Waals surface area contributed by atoms with Crippen molar-refractivity contribution in [3.63, 3.8) is 0 Å². The lowest BCUT2D eigenvalue weighted by Gasteiger charge is -2.40. The molecule has 1 heterocycles. The first-order valence-electron chi connectivity index (χ1n) is 8.18. The van der Waals surface area contributed by atoms with Crippen molar-refractivity contribution < 1.29 is 4.79 Å². The van der Waals surface area contributed by atoms with Crippen LogP contribution in [-0.4, -0.2) is 30.9 Å². The largest absolute Gasteiger partial charge is 0.338 e. The SMILES string of the molecule is CN(C(=O)C1(C)CCCNC1)C1CCCc2ccccc21. The summed E-state index contributed by atoms with van der Waals surface area (Å²) in [6.45, 7) is 3.97. The van der Waals surface area contributed by atoms with Gasteiger partial charge in [-0.1, -0.05) is 24.3 Å². The first-order chi connectivity index (χ1) is 10.1. The minimum atomic E-state index is -0.237. The van der Waals surface area contributed by atoms with Gasteiger partial charge in [0.05, 0.1) is 11.5 Å². The van der Waals surface area contributed by atoms with Crippen LogP contribution in [0.25, 0.3) is 0 Å². The highest BCUT2D eigenvalue weighted by molar-refractivity contribution is 5.83. The molecule has 3 heteroatoms. The van der Waals surface area contributed by atoms with E-state index in [1.54, 1.807) is 0 Å². The molecule has 2 aliphatic rings. The maximum atomic E-state index is 13.0. The molecule has 1 aromatic rings. The Bertz CT molecular complexity index is 520. The van der Waals surface area contributed by atoms with E-state index < -0.39 is 0 Å². The van der Waals surface area contributed by atoms with Gasteiger partial charge in [0.1, 0.15) is 0 Å². The maximum absolute atomic E-state index is 13.0. The lowest BCUT2D eigenvalue weighted by atomic mass is 9.80. The van der Waals surface area contributed by atoms with E-state index in [-0.39, 0.29) is 11.5 Å². The van der Waals surface area contributed by atoms with Crippen molar-refractivity contribution >= 4 is 5.91 Å². The van der Waals surface area contributed by atoms with Crippen LogP contribution >= 0.6 is 0 Å². The number of carbonyl (C=O) groups excluding carboxylic acids is 1. The van der Waals surface area contributed by atoms with Gasteiger partial charge >= 0.3 is 0 Å². The van der Waals surface area contributed by atoms with Crippen LogP contribution in [0.2, 0.25) is 0 Å². The van der Waals surface area contributed by atoms with Crippen molar-refractivity contribution in [1.29, 1.82) is 0 Å². The molecule has 1 aliphatic carbocycles. The van der Waals surface area contributed by atoms with E-state index in [9.17, 15) is 4.79 Å². The number of aryl methyl sites for hydroxylation is 1. The van der Waals surface area contributed by atoms with E-state index in [0.717, 1.165) is 38.8 Å². The molecular formula is C18H26N2O. The van der Waals surface area contributed by atoms with Gasteiger partial charge in [0.25, 0.3) is 0 Å². The van der Waals surface area contributed by atoms with Crippen LogP contribution in [0.4, 0.5) is 0 Å². The van der Waals surface area contributed by atoms with Crippen molar-refractivity contribution in [2.24, 2.45) is 5.41 Å². The molecule has 114 valence electrons. The molecule has 0 bridgehead atoms. The number of amides is 1. The predicted molar refractivity (Wildman–Crippen MR) is 85.1 cm³/mol. The summed E-state index contributed by atoms with van der Waals surface area (Å²) < 4.78 is 0. The Morgan fingerprint density at radius 2 is 2.14 bits per heavy atom. The van der Waals surface area contributed by atoms with Crippen LogP contribution < -0.4 is 5.32 Å². The third-order valence-corrected chi connectivity index (χ3v) is 5.24. The minimum Gasteiger partial charge on any atom is -0.338 e. The highest BCUT2D eigenvalue weighted by atomic mass is 16.2. The van der Waals surface area contributed by atoms with Gasteiger partial charge in [-0.25, -0.2) is 0 Å². The normalized spacial score (nSPS) is 28.8. The molecule has 2 atom stereocenters. The lowest BCUT2D eigenvalue weighted by molar-refractivity contribution is -0.143. The van der Waals surface area contributed by atoms with Gasteiger partial charge in [0.2, 0.25) is 5.91 Å². The second-order valence-corrected chi connectivity index (χ2v) is 6.86. The summed E-state index contributed by atoms with van der Waals surface area (Å²) in [6.07, 6.45) is 5.50. The Labute approximate surface area is 127 Å². The molecular weight excluding hydrogens is 260 g/mol. The summed E-state index contributed by atoms with van der Waals surface area (Å²) in [6, 6.07) is 8.87. The molecule has 3 nitrogen and oxygen atoms in total. The van der Waals surface area contributed by atoms with Gasteiger partial charge in [0.15, 0.2) is 0 Å². The second-order valence-electron chi connectivity index (χ2n) is 6.86. The maximum Gasteiger partial charge on any atom is 0.230 e. The zero-order valence-electron chi connectivity index (χ0n) is 13.2. The van der Waals surface area contributed by atoms with Gasteiger partial charge in [0, 0.05) is 13.6 Å². The summed E-state index contributed by atoms with van der Waals surface area (Å²) in [7, 11) is 1.99. The highest BCUT2D eigenvalue weighted by Crippen LogP contribution is 2.37. The summed E-state index contributed by atoms with van der Waals surface area (Å²) in [5.41, 5.74) is 2.53. The molecule has 1 aromatic carbocycles. The number of hydrogen-bond donors (Lipinski definition) is 1. The van der Waals surface area contributed by atoms with Gasteiger partial charge in [-0.2, -0.15) is 0 Å². The van der Waals surface area contributed by atoms with E-state index in [1.807, 2.05) is 11.9 Å².